The smallest absolute Gasteiger partial charge is 0.256 e. The fourth-order valence-corrected chi connectivity index (χ4v) is 0.744. The normalized spacial score (nSPS) is 11.6. The Morgan fingerprint density at radius 1 is 1.27 bits per heavy atom. The molecule has 1 aromatic heterocycles. The number of rotatable bonds is 0. The molecule has 0 aromatic carbocycles. The van der Waals surface area contributed by atoms with Crippen LogP contribution in [0, 0.1) is 0 Å². The van der Waals surface area contributed by atoms with Crippen LogP contribution < -0.4 is 5.44 Å². The van der Waals surface area contributed by atoms with E-state index in [9.17, 15) is 13.2 Å². The molecule has 1 aromatic rings. The van der Waals surface area contributed by atoms with E-state index in [0.717, 1.165) is 12.3 Å². The molecule has 1 heterocycles. The molecular formula is C6H5F3NP. The Kier molecular flexibility index (Phi) is 2.14. The molecule has 1 atom stereocenters. The molecular weight excluding hydrogens is 174 g/mol. The van der Waals surface area contributed by atoms with Gasteiger partial charge in [0, 0.05) is 6.20 Å². The minimum absolute atomic E-state index is 0.498. The van der Waals surface area contributed by atoms with Crippen LogP contribution in [0.15, 0.2) is 18.3 Å². The van der Waals surface area contributed by atoms with Crippen LogP contribution in [0.3, 0.4) is 0 Å². The standard InChI is InChI=1S/C6H5F3NP/c7-6(8,9)4-1-2-5(11)10-3-4/h1-3H,11H2. The SMILES string of the molecule is FC(F)(F)c1ccc(P)nc1. The van der Waals surface area contributed by atoms with Crippen molar-refractivity contribution in [3.05, 3.63) is 23.9 Å². The summed E-state index contributed by atoms with van der Waals surface area (Å²) >= 11 is 0. The van der Waals surface area contributed by atoms with Crippen LogP contribution in [-0.2, 0) is 6.18 Å². The Morgan fingerprint density at radius 2 is 1.91 bits per heavy atom. The molecule has 0 aliphatic carbocycles. The molecule has 0 saturated heterocycles. The zero-order valence-corrected chi connectivity index (χ0v) is 6.55. The van der Waals surface area contributed by atoms with E-state index in [-0.39, 0.29) is 0 Å². The molecule has 0 aliphatic heterocycles. The van der Waals surface area contributed by atoms with Gasteiger partial charge in [0.1, 0.15) is 0 Å². The van der Waals surface area contributed by atoms with E-state index in [1.165, 1.54) is 6.07 Å². The van der Waals surface area contributed by atoms with E-state index in [1.807, 2.05) is 0 Å². The van der Waals surface area contributed by atoms with Crippen molar-refractivity contribution in [1.29, 1.82) is 0 Å². The molecule has 0 amide bonds. The number of aromatic nitrogens is 1. The number of hydrogen-bond donors (Lipinski definition) is 0. The van der Waals surface area contributed by atoms with Gasteiger partial charge in [-0.05, 0) is 12.1 Å². The predicted octanol–water partition coefficient (Wildman–Crippen LogP) is 1.60. The second-order valence-corrected chi connectivity index (χ2v) is 2.56. The van der Waals surface area contributed by atoms with Crippen molar-refractivity contribution in [3.8, 4) is 0 Å². The molecule has 1 nitrogen and oxygen atoms in total. The van der Waals surface area contributed by atoms with Crippen molar-refractivity contribution in [1.82, 2.24) is 4.98 Å². The molecule has 0 fully saturated rings. The van der Waals surface area contributed by atoms with E-state index >= 15 is 0 Å². The van der Waals surface area contributed by atoms with Gasteiger partial charge in [-0.15, -0.1) is 0 Å². The van der Waals surface area contributed by atoms with Crippen LogP contribution in [0.25, 0.3) is 0 Å². The van der Waals surface area contributed by atoms with Gasteiger partial charge in [0.25, 0.3) is 0 Å². The average Bonchev–Trinajstić information content (AvgIpc) is 1.86. The number of halogens is 3. The maximum absolute atomic E-state index is 11.9. The minimum atomic E-state index is -4.29. The van der Waals surface area contributed by atoms with Crippen LogP contribution in [0.4, 0.5) is 13.2 Å². The van der Waals surface area contributed by atoms with Gasteiger partial charge in [-0.25, -0.2) is 0 Å². The summed E-state index contributed by atoms with van der Waals surface area (Å²) in [7, 11) is 2.21. The van der Waals surface area contributed by atoms with Gasteiger partial charge in [-0.2, -0.15) is 13.2 Å². The lowest BCUT2D eigenvalue weighted by molar-refractivity contribution is -0.137. The van der Waals surface area contributed by atoms with Gasteiger partial charge >= 0.3 is 6.18 Å². The predicted molar refractivity (Wildman–Crippen MR) is 38.6 cm³/mol. The highest BCUT2D eigenvalue weighted by Crippen LogP contribution is 2.27. The zero-order valence-electron chi connectivity index (χ0n) is 5.39. The van der Waals surface area contributed by atoms with Crippen molar-refractivity contribution >= 4 is 14.7 Å². The monoisotopic (exact) mass is 179 g/mol. The highest BCUT2D eigenvalue weighted by Gasteiger charge is 2.30. The molecule has 5 heteroatoms. The first-order valence-electron chi connectivity index (χ1n) is 2.79. The summed E-state index contributed by atoms with van der Waals surface area (Å²) in [6.07, 6.45) is -3.48. The molecule has 0 aliphatic rings. The molecule has 0 bridgehead atoms. The second kappa shape index (κ2) is 2.78. The summed E-state index contributed by atoms with van der Waals surface area (Å²) in [6.45, 7) is 0. The molecule has 1 rings (SSSR count). The lowest BCUT2D eigenvalue weighted by Gasteiger charge is -2.04. The fraction of sp³-hybridized carbons (Fsp3) is 0.167. The van der Waals surface area contributed by atoms with Gasteiger partial charge in [-0.1, -0.05) is 9.24 Å². The maximum atomic E-state index is 11.9. The maximum Gasteiger partial charge on any atom is 0.417 e. The Morgan fingerprint density at radius 3 is 2.27 bits per heavy atom. The van der Waals surface area contributed by atoms with E-state index < -0.39 is 11.7 Å². The van der Waals surface area contributed by atoms with Crippen LogP contribution >= 0.6 is 9.24 Å². The second-order valence-electron chi connectivity index (χ2n) is 1.97. The third-order valence-electron chi connectivity index (χ3n) is 1.11. The first kappa shape index (κ1) is 8.47. The topological polar surface area (TPSA) is 12.9 Å². The lowest BCUT2D eigenvalue weighted by Crippen LogP contribution is -2.07. The highest BCUT2D eigenvalue weighted by atomic mass is 31.0. The molecule has 11 heavy (non-hydrogen) atoms. The quantitative estimate of drug-likeness (QED) is 0.551. The van der Waals surface area contributed by atoms with E-state index in [1.54, 1.807) is 0 Å². The molecule has 0 N–H and O–H groups in total. The minimum Gasteiger partial charge on any atom is -0.256 e. The number of nitrogens with zero attached hydrogens (tertiary/aromatic N) is 1. The van der Waals surface area contributed by atoms with Crippen LogP contribution in [0.1, 0.15) is 5.56 Å². The largest absolute Gasteiger partial charge is 0.417 e. The summed E-state index contributed by atoms with van der Waals surface area (Å²) in [5, 5.41) is 0. The van der Waals surface area contributed by atoms with Gasteiger partial charge in [0.15, 0.2) is 0 Å². The third-order valence-corrected chi connectivity index (χ3v) is 1.46. The van der Waals surface area contributed by atoms with Crippen molar-refractivity contribution in [2.45, 2.75) is 6.18 Å². The van der Waals surface area contributed by atoms with Crippen molar-refractivity contribution in [3.63, 3.8) is 0 Å². The van der Waals surface area contributed by atoms with Crippen LogP contribution in [0.5, 0.6) is 0 Å². The molecule has 0 radical (unpaired) electrons. The number of alkyl halides is 3. The van der Waals surface area contributed by atoms with Crippen molar-refractivity contribution in [2.24, 2.45) is 0 Å². The Bertz CT molecular complexity index is 241. The van der Waals surface area contributed by atoms with Crippen LogP contribution in [-0.4, -0.2) is 4.98 Å². The molecule has 0 spiro atoms. The lowest BCUT2D eigenvalue weighted by atomic mass is 10.3. The van der Waals surface area contributed by atoms with Gasteiger partial charge in [-0.3, -0.25) is 4.98 Å². The van der Waals surface area contributed by atoms with Gasteiger partial charge < -0.3 is 0 Å². The third kappa shape index (κ3) is 2.15. The Labute approximate surface area is 63.8 Å². The summed E-state index contributed by atoms with van der Waals surface area (Å²) in [6, 6.07) is 2.29. The first-order valence-corrected chi connectivity index (χ1v) is 3.36. The molecule has 1 unspecified atom stereocenters. The van der Waals surface area contributed by atoms with E-state index in [0.29, 0.717) is 5.44 Å². The first-order chi connectivity index (χ1) is 5.00. The average molecular weight is 179 g/mol. The zero-order chi connectivity index (χ0) is 8.48. The summed E-state index contributed by atoms with van der Waals surface area (Å²) in [4.78, 5) is 3.49. The summed E-state index contributed by atoms with van der Waals surface area (Å²) < 4.78 is 35.6. The van der Waals surface area contributed by atoms with E-state index in [4.69, 9.17) is 0 Å². The summed E-state index contributed by atoms with van der Waals surface area (Å²) in [5.74, 6) is 0. The Balaban J connectivity index is 2.99. The summed E-state index contributed by atoms with van der Waals surface area (Å²) in [5.41, 5.74) is -0.221. The highest BCUT2D eigenvalue weighted by molar-refractivity contribution is 7.26. The molecule has 60 valence electrons. The Hall–Kier alpha value is -0.630. The number of hydrogen-bond acceptors (Lipinski definition) is 1. The number of pyridine rings is 1. The molecule has 0 saturated carbocycles. The fourth-order valence-electron chi connectivity index (χ4n) is 0.573. The van der Waals surface area contributed by atoms with Gasteiger partial charge in [0.05, 0.1) is 11.0 Å². The van der Waals surface area contributed by atoms with Crippen molar-refractivity contribution in [2.75, 3.05) is 0 Å². The van der Waals surface area contributed by atoms with E-state index in [2.05, 4.69) is 14.2 Å². The van der Waals surface area contributed by atoms with Gasteiger partial charge in [0.2, 0.25) is 0 Å². The van der Waals surface area contributed by atoms with Crippen molar-refractivity contribution < 1.29 is 13.2 Å². The van der Waals surface area contributed by atoms with Crippen LogP contribution in [0.2, 0.25) is 0 Å².